The molecule has 0 aliphatic carbocycles. The maximum absolute atomic E-state index is 13.6. The molecule has 0 spiro atoms. The van der Waals surface area contributed by atoms with E-state index in [1.807, 2.05) is 34.1 Å². The zero-order chi connectivity index (χ0) is 28.5. The molecule has 0 bridgehead atoms. The van der Waals surface area contributed by atoms with E-state index in [9.17, 15) is 14.0 Å². The fourth-order valence-electron chi connectivity index (χ4n) is 5.60. The Morgan fingerprint density at radius 2 is 1.73 bits per heavy atom. The Kier molecular flexibility index (Phi) is 10.8. The lowest BCUT2D eigenvalue weighted by Gasteiger charge is -2.39. The van der Waals surface area contributed by atoms with Crippen LogP contribution < -0.4 is 4.74 Å². The second-order valence-corrected chi connectivity index (χ2v) is 11.3. The highest BCUT2D eigenvalue weighted by Crippen LogP contribution is 2.23. The van der Waals surface area contributed by atoms with Crippen molar-refractivity contribution in [2.24, 2.45) is 5.92 Å². The Bertz CT molecular complexity index is 1080. The normalized spacial score (nSPS) is 18.3. The lowest BCUT2D eigenvalue weighted by atomic mass is 10.00. The number of ether oxygens (including phenoxy) is 2. The molecule has 2 aromatic rings. The number of nitrogens with zero attached hydrogens (tertiary/aromatic N) is 3. The second-order valence-electron chi connectivity index (χ2n) is 11.3. The molecule has 2 fully saturated rings. The van der Waals surface area contributed by atoms with E-state index in [-0.39, 0.29) is 29.9 Å². The summed E-state index contributed by atoms with van der Waals surface area (Å²) in [6.07, 6.45) is 3.74. The molecule has 2 amide bonds. The predicted octanol–water partition coefficient (Wildman–Crippen LogP) is 5.52. The number of amides is 2. The lowest BCUT2D eigenvalue weighted by molar-refractivity contribution is -0.134. The molecule has 2 heterocycles. The van der Waals surface area contributed by atoms with Gasteiger partial charge in [0.25, 0.3) is 0 Å². The minimum atomic E-state index is -0.276. The Balaban J connectivity index is 1.33. The Labute approximate surface area is 238 Å². The standard InChI is InChI=1S/C32H44FN3O4/c1-4-20-39-29-12-8-25(9-13-29)21-31(37)36(22-26-6-10-27(33)11-7-26)28-14-18-34(19-15-28)16-5-17-35-30(24(2)3)23-40-32(35)38/h6-13,24,28,30H,4-5,14-23H2,1-3H3/t30-/m1/s1. The molecule has 2 aliphatic heterocycles. The zero-order valence-electron chi connectivity index (χ0n) is 24.2. The van der Waals surface area contributed by atoms with Crippen LogP contribution in [-0.2, 0) is 22.5 Å². The van der Waals surface area contributed by atoms with Gasteiger partial charge in [0.05, 0.1) is 19.1 Å². The Hall–Kier alpha value is -3.13. The first kappa shape index (κ1) is 29.8. The molecule has 1 atom stereocenters. The number of rotatable bonds is 13. The molecule has 0 unspecified atom stereocenters. The van der Waals surface area contributed by atoms with Crippen LogP contribution in [-0.4, -0.2) is 78.2 Å². The second kappa shape index (κ2) is 14.5. The van der Waals surface area contributed by atoms with Gasteiger partial charge < -0.3 is 24.2 Å². The van der Waals surface area contributed by atoms with Crippen LogP contribution in [0.25, 0.3) is 0 Å². The molecule has 2 aliphatic rings. The van der Waals surface area contributed by atoms with E-state index in [1.54, 1.807) is 12.1 Å². The quantitative estimate of drug-likeness (QED) is 0.327. The molecule has 218 valence electrons. The third kappa shape index (κ3) is 8.19. The smallest absolute Gasteiger partial charge is 0.410 e. The van der Waals surface area contributed by atoms with Crippen LogP contribution in [0.15, 0.2) is 48.5 Å². The number of hydrogen-bond donors (Lipinski definition) is 0. The average molecular weight is 554 g/mol. The van der Waals surface area contributed by atoms with Crippen molar-refractivity contribution < 1.29 is 23.5 Å². The van der Waals surface area contributed by atoms with Crippen LogP contribution >= 0.6 is 0 Å². The Morgan fingerprint density at radius 3 is 2.38 bits per heavy atom. The number of hydrogen-bond acceptors (Lipinski definition) is 5. The van der Waals surface area contributed by atoms with E-state index in [0.717, 1.165) is 62.2 Å². The van der Waals surface area contributed by atoms with Gasteiger partial charge in [-0.1, -0.05) is 45.0 Å². The van der Waals surface area contributed by atoms with E-state index < -0.39 is 0 Å². The number of carbonyl (C=O) groups excluding carboxylic acids is 2. The first-order valence-electron chi connectivity index (χ1n) is 14.8. The lowest BCUT2D eigenvalue weighted by Crippen LogP contribution is -2.48. The van der Waals surface area contributed by atoms with Crippen molar-refractivity contribution in [2.75, 3.05) is 39.4 Å². The minimum Gasteiger partial charge on any atom is -0.494 e. The van der Waals surface area contributed by atoms with Gasteiger partial charge in [0.2, 0.25) is 5.91 Å². The molecule has 2 saturated heterocycles. The monoisotopic (exact) mass is 553 g/mol. The summed E-state index contributed by atoms with van der Waals surface area (Å²) < 4.78 is 24.5. The third-order valence-electron chi connectivity index (χ3n) is 7.99. The maximum Gasteiger partial charge on any atom is 0.410 e. The number of halogens is 1. The number of cyclic esters (lactones) is 1. The van der Waals surface area contributed by atoms with E-state index >= 15 is 0 Å². The van der Waals surface area contributed by atoms with Gasteiger partial charge in [-0.25, -0.2) is 9.18 Å². The number of carbonyl (C=O) groups is 2. The topological polar surface area (TPSA) is 62.3 Å². The summed E-state index contributed by atoms with van der Waals surface area (Å²) in [4.78, 5) is 32.0. The van der Waals surface area contributed by atoms with Crippen molar-refractivity contribution in [2.45, 2.75) is 71.5 Å². The Morgan fingerprint density at radius 1 is 1.05 bits per heavy atom. The van der Waals surface area contributed by atoms with Crippen molar-refractivity contribution in [3.05, 3.63) is 65.5 Å². The largest absolute Gasteiger partial charge is 0.494 e. The van der Waals surface area contributed by atoms with E-state index in [2.05, 4.69) is 25.7 Å². The first-order valence-corrected chi connectivity index (χ1v) is 14.8. The third-order valence-corrected chi connectivity index (χ3v) is 7.99. The van der Waals surface area contributed by atoms with Gasteiger partial charge in [-0.05, 0) is 73.5 Å². The van der Waals surface area contributed by atoms with Gasteiger partial charge >= 0.3 is 6.09 Å². The number of piperidine rings is 1. The molecular weight excluding hydrogens is 509 g/mol. The molecule has 2 aromatic carbocycles. The van der Waals surface area contributed by atoms with Crippen LogP contribution in [0.4, 0.5) is 9.18 Å². The van der Waals surface area contributed by atoms with Gasteiger partial charge in [0.15, 0.2) is 0 Å². The highest BCUT2D eigenvalue weighted by Gasteiger charge is 2.34. The molecule has 4 rings (SSSR count). The number of likely N-dealkylation sites (tertiary alicyclic amines) is 1. The molecule has 0 N–H and O–H groups in total. The summed E-state index contributed by atoms with van der Waals surface area (Å²) in [5.74, 6) is 0.994. The maximum atomic E-state index is 13.6. The highest BCUT2D eigenvalue weighted by molar-refractivity contribution is 5.79. The van der Waals surface area contributed by atoms with Gasteiger partial charge in [-0.3, -0.25) is 4.79 Å². The van der Waals surface area contributed by atoms with Crippen molar-refractivity contribution in [1.29, 1.82) is 0 Å². The van der Waals surface area contributed by atoms with E-state index in [1.165, 1.54) is 12.1 Å². The number of benzene rings is 2. The van der Waals surface area contributed by atoms with Gasteiger partial charge in [-0.2, -0.15) is 0 Å². The molecule has 0 aromatic heterocycles. The summed E-state index contributed by atoms with van der Waals surface area (Å²) in [7, 11) is 0. The van der Waals surface area contributed by atoms with Crippen molar-refractivity contribution in [3.63, 3.8) is 0 Å². The SMILES string of the molecule is CCCOc1ccc(CC(=O)N(Cc2ccc(F)cc2)C2CCN(CCCN3C(=O)OC[C@@H]3C(C)C)CC2)cc1. The van der Waals surface area contributed by atoms with Gasteiger partial charge in [0, 0.05) is 32.2 Å². The highest BCUT2D eigenvalue weighted by atomic mass is 19.1. The fraction of sp³-hybridized carbons (Fsp3) is 0.562. The van der Waals surface area contributed by atoms with E-state index in [4.69, 9.17) is 9.47 Å². The van der Waals surface area contributed by atoms with Gasteiger partial charge in [0.1, 0.15) is 18.2 Å². The summed E-state index contributed by atoms with van der Waals surface area (Å²) in [6, 6.07) is 14.5. The van der Waals surface area contributed by atoms with E-state index in [0.29, 0.717) is 38.6 Å². The molecule has 7 nitrogen and oxygen atoms in total. The molecule has 0 radical (unpaired) electrons. The van der Waals surface area contributed by atoms with Crippen molar-refractivity contribution in [1.82, 2.24) is 14.7 Å². The minimum absolute atomic E-state index is 0.0808. The molecule has 8 heteroatoms. The summed E-state index contributed by atoms with van der Waals surface area (Å²) in [5.41, 5.74) is 1.88. The van der Waals surface area contributed by atoms with Gasteiger partial charge in [-0.15, -0.1) is 0 Å². The first-order chi connectivity index (χ1) is 19.3. The van der Waals surface area contributed by atoms with Crippen molar-refractivity contribution >= 4 is 12.0 Å². The van der Waals surface area contributed by atoms with Crippen LogP contribution in [0.3, 0.4) is 0 Å². The molecule has 0 saturated carbocycles. The summed E-state index contributed by atoms with van der Waals surface area (Å²) in [5, 5.41) is 0. The van der Waals surface area contributed by atoms with Crippen LogP contribution in [0.1, 0.15) is 57.6 Å². The van der Waals surface area contributed by atoms with Crippen LogP contribution in [0.5, 0.6) is 5.75 Å². The molecule has 40 heavy (non-hydrogen) atoms. The summed E-state index contributed by atoms with van der Waals surface area (Å²) >= 11 is 0. The van der Waals surface area contributed by atoms with Crippen LogP contribution in [0, 0.1) is 11.7 Å². The fourth-order valence-corrected chi connectivity index (χ4v) is 5.60. The average Bonchev–Trinajstić information content (AvgIpc) is 3.33. The zero-order valence-corrected chi connectivity index (χ0v) is 24.2. The summed E-state index contributed by atoms with van der Waals surface area (Å²) in [6.45, 7) is 11.4. The molecular formula is C32H44FN3O4. The predicted molar refractivity (Wildman–Crippen MR) is 154 cm³/mol. The van der Waals surface area contributed by atoms with Crippen molar-refractivity contribution in [3.8, 4) is 5.75 Å². The van der Waals surface area contributed by atoms with Crippen LogP contribution in [0.2, 0.25) is 0 Å².